The number of aromatic nitrogens is 2. The molecule has 1 aromatic heterocycles. The number of anilines is 1. The molecule has 0 aliphatic heterocycles. The maximum Gasteiger partial charge on any atom is 0.333 e. The van der Waals surface area contributed by atoms with Crippen molar-refractivity contribution in [3.8, 4) is 6.07 Å². The molecule has 0 amide bonds. The normalized spacial score (nSPS) is 11.2. The number of hydrogen-bond donors (Lipinski definition) is 1. The average molecular weight is 268 g/mol. The Morgan fingerprint density at radius 1 is 1.30 bits per heavy atom. The van der Waals surface area contributed by atoms with Gasteiger partial charge in [0.25, 0.3) is 0 Å². The smallest absolute Gasteiger partial charge is 0.333 e. The van der Waals surface area contributed by atoms with Gasteiger partial charge in [0.1, 0.15) is 6.07 Å². The van der Waals surface area contributed by atoms with Crippen LogP contribution in [0.4, 0.5) is 5.82 Å². The van der Waals surface area contributed by atoms with E-state index in [0.29, 0.717) is 5.56 Å². The van der Waals surface area contributed by atoms with Crippen molar-refractivity contribution in [2.24, 2.45) is 0 Å². The second kappa shape index (κ2) is 6.29. The number of nitrogens with zero attached hydrogens (tertiary/aromatic N) is 3. The molecule has 1 aromatic carbocycles. The largest absolute Gasteiger partial charge is 0.467 e. The number of carbonyl (C=O) groups is 1. The Kier molecular flexibility index (Phi) is 4.24. The first-order valence-electron chi connectivity index (χ1n) is 5.86. The predicted molar refractivity (Wildman–Crippen MR) is 71.6 cm³/mol. The van der Waals surface area contributed by atoms with Crippen LogP contribution < -0.4 is 5.32 Å². The quantitative estimate of drug-likeness (QED) is 0.849. The lowest BCUT2D eigenvalue weighted by Crippen LogP contribution is -2.23. The molecule has 0 bridgehead atoms. The van der Waals surface area contributed by atoms with E-state index >= 15 is 0 Å². The third-order valence-corrected chi connectivity index (χ3v) is 2.65. The van der Waals surface area contributed by atoms with Crippen LogP contribution in [0.5, 0.6) is 0 Å². The number of esters is 1. The number of hydrogen-bond acceptors (Lipinski definition) is 6. The Morgan fingerprint density at radius 3 is 2.65 bits per heavy atom. The van der Waals surface area contributed by atoms with Crippen LogP contribution in [-0.4, -0.2) is 23.0 Å². The molecule has 0 fully saturated rings. The molecule has 0 radical (unpaired) electrons. The third kappa shape index (κ3) is 2.90. The highest BCUT2D eigenvalue weighted by Gasteiger charge is 2.22. The van der Waals surface area contributed by atoms with Crippen LogP contribution in [-0.2, 0) is 9.53 Å². The fraction of sp³-hybridized carbons (Fsp3) is 0.143. The van der Waals surface area contributed by atoms with Crippen LogP contribution in [0.15, 0.2) is 42.7 Å². The lowest BCUT2D eigenvalue weighted by Gasteiger charge is -2.17. The molecule has 6 nitrogen and oxygen atoms in total. The van der Waals surface area contributed by atoms with Crippen molar-refractivity contribution in [1.29, 1.82) is 5.26 Å². The van der Waals surface area contributed by atoms with E-state index in [-0.39, 0.29) is 11.5 Å². The minimum atomic E-state index is -0.745. The highest BCUT2D eigenvalue weighted by molar-refractivity contribution is 5.81. The number of carbonyl (C=O) groups excluding carboxylic acids is 1. The molecule has 6 heteroatoms. The SMILES string of the molecule is COC(=O)C(Nc1nccnc1C#N)c1ccccc1. The summed E-state index contributed by atoms with van der Waals surface area (Å²) in [6, 6.07) is 10.2. The van der Waals surface area contributed by atoms with Crippen molar-refractivity contribution >= 4 is 11.8 Å². The van der Waals surface area contributed by atoms with E-state index in [4.69, 9.17) is 10.00 Å². The van der Waals surface area contributed by atoms with E-state index in [9.17, 15) is 4.79 Å². The van der Waals surface area contributed by atoms with Gasteiger partial charge in [-0.2, -0.15) is 5.26 Å². The van der Waals surface area contributed by atoms with E-state index in [1.54, 1.807) is 12.1 Å². The Labute approximate surface area is 116 Å². The monoisotopic (exact) mass is 268 g/mol. The summed E-state index contributed by atoms with van der Waals surface area (Å²) in [7, 11) is 1.31. The molecule has 0 saturated carbocycles. The second-order valence-electron chi connectivity index (χ2n) is 3.88. The molecule has 2 rings (SSSR count). The molecule has 1 N–H and O–H groups in total. The lowest BCUT2D eigenvalue weighted by atomic mass is 10.1. The van der Waals surface area contributed by atoms with Crippen LogP contribution in [0.1, 0.15) is 17.3 Å². The fourth-order valence-electron chi connectivity index (χ4n) is 1.70. The Balaban J connectivity index is 2.34. The number of nitriles is 1. The average Bonchev–Trinajstić information content (AvgIpc) is 2.53. The molecule has 100 valence electrons. The lowest BCUT2D eigenvalue weighted by molar-refractivity contribution is -0.141. The maximum atomic E-state index is 11.9. The van der Waals surface area contributed by atoms with E-state index in [0.717, 1.165) is 0 Å². The van der Waals surface area contributed by atoms with E-state index in [2.05, 4.69) is 15.3 Å². The maximum absolute atomic E-state index is 11.9. The van der Waals surface area contributed by atoms with Crippen LogP contribution in [0.25, 0.3) is 0 Å². The topological polar surface area (TPSA) is 87.9 Å². The number of ether oxygens (including phenoxy) is 1. The third-order valence-electron chi connectivity index (χ3n) is 2.65. The summed E-state index contributed by atoms with van der Waals surface area (Å²) < 4.78 is 4.78. The van der Waals surface area contributed by atoms with Crippen molar-refractivity contribution in [1.82, 2.24) is 9.97 Å². The molecule has 1 atom stereocenters. The Hall–Kier alpha value is -2.94. The fourth-order valence-corrected chi connectivity index (χ4v) is 1.70. The van der Waals surface area contributed by atoms with Gasteiger partial charge < -0.3 is 10.1 Å². The number of methoxy groups -OCH3 is 1. The minimum Gasteiger partial charge on any atom is -0.467 e. The summed E-state index contributed by atoms with van der Waals surface area (Å²) in [6.07, 6.45) is 2.86. The number of benzene rings is 1. The van der Waals surface area contributed by atoms with E-state index in [1.807, 2.05) is 24.3 Å². The molecular formula is C14H12N4O2. The van der Waals surface area contributed by atoms with Gasteiger partial charge in [-0.25, -0.2) is 14.8 Å². The van der Waals surface area contributed by atoms with Gasteiger partial charge >= 0.3 is 5.97 Å². The van der Waals surface area contributed by atoms with Crippen LogP contribution in [0, 0.1) is 11.3 Å². The van der Waals surface area contributed by atoms with Gasteiger partial charge in [0, 0.05) is 12.4 Å². The van der Waals surface area contributed by atoms with Crippen molar-refractivity contribution in [3.63, 3.8) is 0 Å². The molecule has 2 aromatic rings. The molecular weight excluding hydrogens is 256 g/mol. The van der Waals surface area contributed by atoms with Crippen LogP contribution in [0.3, 0.4) is 0 Å². The molecule has 0 spiro atoms. The Bertz CT molecular complexity index is 637. The second-order valence-corrected chi connectivity index (χ2v) is 3.88. The summed E-state index contributed by atoms with van der Waals surface area (Å²) in [4.78, 5) is 19.8. The first-order valence-corrected chi connectivity index (χ1v) is 5.86. The van der Waals surface area contributed by atoms with E-state index < -0.39 is 12.0 Å². The van der Waals surface area contributed by atoms with Gasteiger partial charge in [-0.05, 0) is 5.56 Å². The van der Waals surface area contributed by atoms with Crippen LogP contribution >= 0.6 is 0 Å². The van der Waals surface area contributed by atoms with Gasteiger partial charge in [-0.1, -0.05) is 30.3 Å². The van der Waals surface area contributed by atoms with Gasteiger partial charge in [0.15, 0.2) is 17.6 Å². The van der Waals surface area contributed by atoms with Gasteiger partial charge in [-0.15, -0.1) is 0 Å². The molecule has 20 heavy (non-hydrogen) atoms. The summed E-state index contributed by atoms with van der Waals surface area (Å²) in [5.74, 6) is -0.222. The highest BCUT2D eigenvalue weighted by Crippen LogP contribution is 2.20. The standard InChI is InChI=1S/C14H12N4O2/c1-20-14(19)12(10-5-3-2-4-6-10)18-13-11(9-15)16-7-8-17-13/h2-8,12H,1H3,(H,17,18). The highest BCUT2D eigenvalue weighted by atomic mass is 16.5. The van der Waals surface area contributed by atoms with Crippen molar-refractivity contribution < 1.29 is 9.53 Å². The summed E-state index contributed by atoms with van der Waals surface area (Å²) >= 11 is 0. The van der Waals surface area contributed by atoms with E-state index in [1.165, 1.54) is 19.5 Å². The minimum absolute atomic E-state index is 0.123. The van der Waals surface area contributed by atoms with Crippen molar-refractivity contribution in [2.75, 3.05) is 12.4 Å². The number of nitrogens with one attached hydrogen (secondary N) is 1. The molecule has 0 aliphatic rings. The van der Waals surface area contributed by atoms with Crippen molar-refractivity contribution in [3.05, 3.63) is 54.0 Å². The predicted octanol–water partition coefficient (Wildman–Crippen LogP) is 1.67. The zero-order chi connectivity index (χ0) is 14.4. The Morgan fingerprint density at radius 2 is 2.00 bits per heavy atom. The van der Waals surface area contributed by atoms with Gasteiger partial charge in [-0.3, -0.25) is 0 Å². The van der Waals surface area contributed by atoms with Gasteiger partial charge in [0.05, 0.1) is 7.11 Å². The van der Waals surface area contributed by atoms with Crippen molar-refractivity contribution in [2.45, 2.75) is 6.04 Å². The zero-order valence-electron chi connectivity index (χ0n) is 10.8. The molecule has 1 heterocycles. The summed E-state index contributed by atoms with van der Waals surface area (Å²) in [5, 5.41) is 11.9. The van der Waals surface area contributed by atoms with Crippen LogP contribution in [0.2, 0.25) is 0 Å². The summed E-state index contributed by atoms with van der Waals surface area (Å²) in [5.41, 5.74) is 0.839. The zero-order valence-corrected chi connectivity index (χ0v) is 10.8. The number of rotatable bonds is 4. The summed E-state index contributed by atoms with van der Waals surface area (Å²) in [6.45, 7) is 0. The first kappa shape index (κ1) is 13.5. The molecule has 0 aliphatic carbocycles. The molecule has 0 saturated heterocycles. The molecule has 1 unspecified atom stereocenters. The van der Waals surface area contributed by atoms with Gasteiger partial charge in [0.2, 0.25) is 0 Å². The first-order chi connectivity index (χ1) is 9.76.